The number of aryl methyl sites for hydroxylation is 1. The molecule has 2 aromatic carbocycles. The van der Waals surface area contributed by atoms with Gasteiger partial charge in [-0.05, 0) is 50.1 Å². The van der Waals surface area contributed by atoms with Crippen LogP contribution in [-0.2, 0) is 11.3 Å². The number of imidazole rings is 1. The molecule has 154 valence electrons. The van der Waals surface area contributed by atoms with E-state index in [1.165, 1.54) is 0 Å². The van der Waals surface area contributed by atoms with Crippen LogP contribution in [0.25, 0.3) is 22.4 Å². The Morgan fingerprint density at radius 3 is 2.57 bits per heavy atom. The number of H-pyrrole nitrogens is 1. The molecule has 0 bridgehead atoms. The zero-order valence-corrected chi connectivity index (χ0v) is 17.7. The van der Waals surface area contributed by atoms with E-state index in [0.717, 1.165) is 45.1 Å². The van der Waals surface area contributed by atoms with Crippen molar-refractivity contribution in [1.82, 2.24) is 14.5 Å². The monoisotopic (exact) mass is 402 g/mol. The first-order valence-corrected chi connectivity index (χ1v) is 10.0. The molecule has 0 saturated heterocycles. The fraction of sp³-hybridized carbons (Fsp3) is 0.250. The number of nitrogens with one attached hydrogen (secondary N) is 2. The third-order valence-corrected chi connectivity index (χ3v) is 5.60. The molecule has 6 heteroatoms. The van der Waals surface area contributed by atoms with Gasteiger partial charge in [-0.3, -0.25) is 4.79 Å². The van der Waals surface area contributed by atoms with Gasteiger partial charge in [0.15, 0.2) is 0 Å². The minimum absolute atomic E-state index is 0.137. The van der Waals surface area contributed by atoms with Gasteiger partial charge in [0.1, 0.15) is 11.6 Å². The van der Waals surface area contributed by atoms with Crippen LogP contribution in [-0.4, -0.2) is 34.2 Å². The van der Waals surface area contributed by atoms with Crippen LogP contribution >= 0.6 is 0 Å². The fourth-order valence-corrected chi connectivity index (χ4v) is 3.82. The number of para-hydroxylation sites is 2. The molecule has 2 heterocycles. The summed E-state index contributed by atoms with van der Waals surface area (Å²) in [7, 11) is 1.68. The number of hydrogen-bond donors (Lipinski definition) is 2. The number of benzene rings is 2. The summed E-state index contributed by atoms with van der Waals surface area (Å²) in [6.45, 7) is 7.23. The van der Waals surface area contributed by atoms with Crippen molar-refractivity contribution in [2.45, 2.75) is 27.3 Å². The summed E-state index contributed by atoms with van der Waals surface area (Å²) in [6.07, 6.45) is 0. The van der Waals surface area contributed by atoms with Gasteiger partial charge in [0.2, 0.25) is 0 Å². The second-order valence-electron chi connectivity index (χ2n) is 7.45. The Kier molecular flexibility index (Phi) is 5.42. The van der Waals surface area contributed by atoms with Crippen LogP contribution in [0, 0.1) is 20.8 Å². The van der Waals surface area contributed by atoms with Crippen molar-refractivity contribution in [3.05, 3.63) is 70.9 Å². The van der Waals surface area contributed by atoms with Crippen LogP contribution in [0.3, 0.4) is 0 Å². The number of amides is 1. The van der Waals surface area contributed by atoms with Crippen LogP contribution in [0.15, 0.2) is 48.5 Å². The molecule has 0 aliphatic rings. The average molecular weight is 402 g/mol. The van der Waals surface area contributed by atoms with Gasteiger partial charge in [0, 0.05) is 24.9 Å². The van der Waals surface area contributed by atoms with Crippen LogP contribution in [0.4, 0.5) is 5.82 Å². The Morgan fingerprint density at radius 1 is 1.10 bits per heavy atom. The van der Waals surface area contributed by atoms with Crippen molar-refractivity contribution in [2.75, 3.05) is 19.0 Å². The van der Waals surface area contributed by atoms with E-state index in [4.69, 9.17) is 9.72 Å². The van der Waals surface area contributed by atoms with E-state index in [0.29, 0.717) is 18.7 Å². The number of ether oxygens (including phenoxy) is 1. The van der Waals surface area contributed by atoms with Gasteiger partial charge >= 0.3 is 0 Å². The first-order valence-electron chi connectivity index (χ1n) is 10.0. The maximum atomic E-state index is 13.2. The summed E-state index contributed by atoms with van der Waals surface area (Å²) >= 11 is 0. The van der Waals surface area contributed by atoms with Gasteiger partial charge in [-0.1, -0.05) is 30.3 Å². The smallest absolute Gasteiger partial charge is 0.257 e. The lowest BCUT2D eigenvalue weighted by Crippen LogP contribution is -2.18. The molecule has 0 fully saturated rings. The van der Waals surface area contributed by atoms with Gasteiger partial charge in [-0.15, -0.1) is 0 Å². The van der Waals surface area contributed by atoms with Gasteiger partial charge in [0.05, 0.1) is 23.2 Å². The SMILES string of the molecule is COCCn1c(C)c(C)c(-c2nc3ccccc3[nH]2)c1NC(=O)c1ccccc1C. The number of rotatable bonds is 6. The van der Waals surface area contributed by atoms with Gasteiger partial charge < -0.3 is 19.6 Å². The Bertz CT molecular complexity index is 1190. The minimum Gasteiger partial charge on any atom is -0.383 e. The van der Waals surface area contributed by atoms with Crippen LogP contribution in [0.5, 0.6) is 0 Å². The minimum atomic E-state index is -0.137. The number of carbonyl (C=O) groups is 1. The third-order valence-electron chi connectivity index (χ3n) is 5.60. The normalized spacial score (nSPS) is 11.2. The van der Waals surface area contributed by atoms with E-state index in [-0.39, 0.29) is 5.91 Å². The van der Waals surface area contributed by atoms with E-state index in [1.807, 2.05) is 55.5 Å². The molecule has 30 heavy (non-hydrogen) atoms. The first-order chi connectivity index (χ1) is 14.5. The number of aromatic amines is 1. The highest BCUT2D eigenvalue weighted by molar-refractivity contribution is 6.07. The number of nitrogens with zero attached hydrogens (tertiary/aromatic N) is 2. The predicted molar refractivity (Wildman–Crippen MR) is 120 cm³/mol. The van der Waals surface area contributed by atoms with E-state index in [9.17, 15) is 4.79 Å². The molecule has 4 rings (SSSR count). The lowest BCUT2D eigenvalue weighted by atomic mass is 10.1. The van der Waals surface area contributed by atoms with Gasteiger partial charge in [0.25, 0.3) is 5.91 Å². The molecule has 0 radical (unpaired) electrons. The van der Waals surface area contributed by atoms with E-state index in [1.54, 1.807) is 7.11 Å². The molecule has 0 saturated carbocycles. The van der Waals surface area contributed by atoms with Crippen LogP contribution in [0.1, 0.15) is 27.2 Å². The van der Waals surface area contributed by atoms with Crippen molar-refractivity contribution in [3.8, 4) is 11.4 Å². The van der Waals surface area contributed by atoms with Crippen molar-refractivity contribution in [2.24, 2.45) is 0 Å². The van der Waals surface area contributed by atoms with Crippen molar-refractivity contribution >= 4 is 22.8 Å². The number of carbonyl (C=O) groups excluding carboxylic acids is 1. The highest BCUT2D eigenvalue weighted by Gasteiger charge is 2.23. The number of anilines is 1. The molecule has 0 unspecified atom stereocenters. The molecule has 2 N–H and O–H groups in total. The Labute approximate surface area is 175 Å². The maximum absolute atomic E-state index is 13.2. The first kappa shape index (κ1) is 19.9. The van der Waals surface area contributed by atoms with E-state index in [2.05, 4.69) is 28.7 Å². The Hall–Kier alpha value is -3.38. The second-order valence-corrected chi connectivity index (χ2v) is 7.45. The molecular weight excluding hydrogens is 376 g/mol. The summed E-state index contributed by atoms with van der Waals surface area (Å²) in [5.74, 6) is 1.34. The van der Waals surface area contributed by atoms with Crippen LogP contribution in [0.2, 0.25) is 0 Å². The molecule has 0 aliphatic carbocycles. The van der Waals surface area contributed by atoms with Crippen molar-refractivity contribution < 1.29 is 9.53 Å². The number of methoxy groups -OCH3 is 1. The third kappa shape index (κ3) is 3.50. The summed E-state index contributed by atoms with van der Waals surface area (Å²) in [5.41, 5.74) is 6.50. The molecule has 4 aromatic rings. The molecule has 2 aromatic heterocycles. The van der Waals surface area contributed by atoms with Gasteiger partial charge in [-0.25, -0.2) is 4.98 Å². The Balaban J connectivity index is 1.85. The number of aromatic nitrogens is 3. The summed E-state index contributed by atoms with van der Waals surface area (Å²) in [4.78, 5) is 21.3. The topological polar surface area (TPSA) is 71.9 Å². The maximum Gasteiger partial charge on any atom is 0.257 e. The lowest BCUT2D eigenvalue weighted by molar-refractivity contribution is 0.102. The second kappa shape index (κ2) is 8.16. The van der Waals surface area contributed by atoms with Crippen molar-refractivity contribution in [1.29, 1.82) is 0 Å². The quantitative estimate of drug-likeness (QED) is 0.484. The van der Waals surface area contributed by atoms with Crippen LogP contribution < -0.4 is 5.32 Å². The predicted octanol–water partition coefficient (Wildman–Crippen LogP) is 4.86. The molecule has 6 nitrogen and oxygen atoms in total. The summed E-state index contributed by atoms with van der Waals surface area (Å²) in [5, 5.41) is 3.16. The molecular formula is C24H26N4O2. The van der Waals surface area contributed by atoms with E-state index < -0.39 is 0 Å². The Morgan fingerprint density at radius 2 is 1.83 bits per heavy atom. The molecule has 1 amide bonds. The highest BCUT2D eigenvalue weighted by Crippen LogP contribution is 2.36. The van der Waals surface area contributed by atoms with Gasteiger partial charge in [-0.2, -0.15) is 0 Å². The van der Waals surface area contributed by atoms with E-state index >= 15 is 0 Å². The molecule has 0 aliphatic heterocycles. The lowest BCUT2D eigenvalue weighted by Gasteiger charge is -2.14. The standard InChI is InChI=1S/C24H26N4O2/c1-15-9-5-6-10-18(15)24(29)27-23-21(16(2)17(3)28(23)13-14-30-4)22-25-19-11-7-8-12-20(19)26-22/h5-12H,13-14H2,1-4H3,(H,25,26)(H,27,29). The highest BCUT2D eigenvalue weighted by atomic mass is 16.5. The number of fused-ring (bicyclic) bond motifs is 1. The number of hydrogen-bond acceptors (Lipinski definition) is 3. The summed E-state index contributed by atoms with van der Waals surface area (Å²) < 4.78 is 7.41. The largest absolute Gasteiger partial charge is 0.383 e. The fourth-order valence-electron chi connectivity index (χ4n) is 3.82. The average Bonchev–Trinajstić information content (AvgIpc) is 3.26. The zero-order chi connectivity index (χ0) is 21.3. The van der Waals surface area contributed by atoms with Crippen molar-refractivity contribution in [3.63, 3.8) is 0 Å². The summed E-state index contributed by atoms with van der Waals surface area (Å²) in [6, 6.07) is 15.5. The zero-order valence-electron chi connectivity index (χ0n) is 17.7. The molecule has 0 spiro atoms. The molecule has 0 atom stereocenters.